The van der Waals surface area contributed by atoms with Gasteiger partial charge in [0, 0.05) is 29.4 Å². The van der Waals surface area contributed by atoms with Gasteiger partial charge in [-0.3, -0.25) is 10.1 Å². The largest absolute Gasteiger partial charge is 0.393 e. The van der Waals surface area contributed by atoms with Crippen LogP contribution in [-0.4, -0.2) is 27.2 Å². The Hall–Kier alpha value is -2.21. The Bertz CT molecular complexity index is 628. The van der Waals surface area contributed by atoms with Crippen LogP contribution in [0.4, 0.5) is 11.4 Å². The number of hydrogen-bond acceptors (Lipinski definition) is 5. The van der Waals surface area contributed by atoms with Gasteiger partial charge in [0.15, 0.2) is 0 Å². The quantitative estimate of drug-likeness (QED) is 0.647. The minimum atomic E-state index is -0.432. The molecule has 0 spiro atoms. The first-order valence-electron chi connectivity index (χ1n) is 6.45. The van der Waals surface area contributed by atoms with Crippen molar-refractivity contribution in [3.05, 3.63) is 40.6 Å². The molecule has 2 aromatic rings. The lowest BCUT2D eigenvalue weighted by Gasteiger charge is -2.18. The third kappa shape index (κ3) is 3.03. The van der Waals surface area contributed by atoms with E-state index >= 15 is 0 Å². The number of aromatic nitrogens is 1. The van der Waals surface area contributed by atoms with Gasteiger partial charge in [-0.1, -0.05) is 0 Å². The number of benzene rings is 1. The number of nitrogens with one attached hydrogen (secondary N) is 1. The second kappa shape index (κ2) is 5.83. The highest BCUT2D eigenvalue weighted by Gasteiger charge is 2.16. The van der Waals surface area contributed by atoms with E-state index < -0.39 is 11.0 Å². The molecular formula is C14H17N3O3. The number of rotatable bonds is 5. The molecule has 0 aliphatic rings. The van der Waals surface area contributed by atoms with Crippen LogP contribution in [0.25, 0.3) is 10.9 Å². The molecule has 0 saturated heterocycles. The summed E-state index contributed by atoms with van der Waals surface area (Å²) in [5.74, 6) is 0. The average Bonchev–Trinajstić information content (AvgIpc) is 2.37. The minimum absolute atomic E-state index is 0.00525. The summed E-state index contributed by atoms with van der Waals surface area (Å²) in [5.41, 5.74) is 1.15. The number of hydrogen-bond donors (Lipinski definition) is 2. The van der Waals surface area contributed by atoms with Crippen molar-refractivity contribution in [2.75, 3.05) is 5.32 Å². The van der Waals surface area contributed by atoms with Gasteiger partial charge in [0.2, 0.25) is 0 Å². The molecule has 2 unspecified atom stereocenters. The molecule has 2 N–H and O–H groups in total. The highest BCUT2D eigenvalue weighted by molar-refractivity contribution is 5.96. The van der Waals surface area contributed by atoms with Crippen molar-refractivity contribution in [1.29, 1.82) is 0 Å². The lowest BCUT2D eigenvalue weighted by atomic mass is 10.1. The molecule has 0 radical (unpaired) electrons. The molecule has 2 atom stereocenters. The van der Waals surface area contributed by atoms with Gasteiger partial charge < -0.3 is 10.4 Å². The topological polar surface area (TPSA) is 88.3 Å². The second-order valence-electron chi connectivity index (χ2n) is 4.92. The van der Waals surface area contributed by atoms with E-state index in [0.717, 1.165) is 5.69 Å². The fourth-order valence-corrected chi connectivity index (χ4v) is 2.27. The molecule has 0 fully saturated rings. The summed E-state index contributed by atoms with van der Waals surface area (Å²) < 4.78 is 0. The van der Waals surface area contributed by atoms with E-state index in [1.54, 1.807) is 31.3 Å². The molecule has 1 aromatic heterocycles. The fraction of sp³-hybridized carbons (Fsp3) is 0.357. The molecule has 0 amide bonds. The molecule has 106 valence electrons. The summed E-state index contributed by atoms with van der Waals surface area (Å²) in [6.07, 6.45) is 1.73. The Labute approximate surface area is 116 Å². The number of pyridine rings is 1. The van der Waals surface area contributed by atoms with Crippen molar-refractivity contribution in [2.24, 2.45) is 0 Å². The van der Waals surface area contributed by atoms with Crippen molar-refractivity contribution in [1.82, 2.24) is 4.98 Å². The lowest BCUT2D eigenvalue weighted by Crippen LogP contribution is -2.20. The summed E-state index contributed by atoms with van der Waals surface area (Å²) in [6.45, 7) is 3.68. The van der Waals surface area contributed by atoms with Crippen molar-refractivity contribution in [3.8, 4) is 0 Å². The molecule has 0 aliphatic carbocycles. The zero-order valence-electron chi connectivity index (χ0n) is 11.4. The Morgan fingerprint density at radius 2 is 2.15 bits per heavy atom. The Morgan fingerprint density at radius 1 is 1.40 bits per heavy atom. The molecule has 0 bridgehead atoms. The number of aliphatic hydroxyl groups is 1. The van der Waals surface area contributed by atoms with Gasteiger partial charge in [0.05, 0.1) is 11.0 Å². The smallest absolute Gasteiger partial charge is 0.295 e. The molecule has 0 saturated carbocycles. The first kappa shape index (κ1) is 14.2. The van der Waals surface area contributed by atoms with E-state index in [1.807, 2.05) is 6.92 Å². The predicted molar refractivity (Wildman–Crippen MR) is 77.8 cm³/mol. The van der Waals surface area contributed by atoms with Gasteiger partial charge in [-0.05, 0) is 38.5 Å². The van der Waals surface area contributed by atoms with Crippen molar-refractivity contribution < 1.29 is 10.0 Å². The van der Waals surface area contributed by atoms with Crippen LogP contribution in [0.3, 0.4) is 0 Å². The summed E-state index contributed by atoms with van der Waals surface area (Å²) in [4.78, 5) is 14.7. The standard InChI is InChI=1S/C14H17N3O3/c1-9(8-10(2)18)16-12-5-6-13(17(19)20)14-11(12)4-3-7-15-14/h3-7,9-10,16,18H,8H2,1-2H3. The number of nitro groups is 1. The van der Waals surface area contributed by atoms with E-state index in [0.29, 0.717) is 17.3 Å². The van der Waals surface area contributed by atoms with Gasteiger partial charge in [-0.2, -0.15) is 0 Å². The average molecular weight is 275 g/mol. The van der Waals surface area contributed by atoms with Gasteiger partial charge >= 0.3 is 0 Å². The number of non-ortho nitro benzene ring substituents is 1. The van der Waals surface area contributed by atoms with Crippen LogP contribution >= 0.6 is 0 Å². The van der Waals surface area contributed by atoms with Crippen LogP contribution in [0.15, 0.2) is 30.5 Å². The summed E-state index contributed by atoms with van der Waals surface area (Å²) >= 11 is 0. The van der Waals surface area contributed by atoms with E-state index in [2.05, 4.69) is 10.3 Å². The van der Waals surface area contributed by atoms with Crippen LogP contribution in [0.1, 0.15) is 20.3 Å². The zero-order chi connectivity index (χ0) is 14.7. The second-order valence-corrected chi connectivity index (χ2v) is 4.92. The van der Waals surface area contributed by atoms with Crippen molar-refractivity contribution in [2.45, 2.75) is 32.4 Å². The fourth-order valence-electron chi connectivity index (χ4n) is 2.27. The maximum atomic E-state index is 11.0. The molecule has 1 heterocycles. The van der Waals surface area contributed by atoms with E-state index in [-0.39, 0.29) is 11.7 Å². The maximum absolute atomic E-state index is 11.0. The van der Waals surface area contributed by atoms with Gasteiger partial charge in [-0.15, -0.1) is 0 Å². The summed E-state index contributed by atoms with van der Waals surface area (Å²) in [6, 6.07) is 6.73. The van der Waals surface area contributed by atoms with E-state index in [1.165, 1.54) is 6.07 Å². The first-order chi connectivity index (χ1) is 9.49. The third-order valence-electron chi connectivity index (χ3n) is 3.04. The summed E-state index contributed by atoms with van der Waals surface area (Å²) in [5, 5.41) is 24.4. The van der Waals surface area contributed by atoms with Crippen LogP contribution in [0.5, 0.6) is 0 Å². The number of nitro benzene ring substituents is 1. The predicted octanol–water partition coefficient (Wildman–Crippen LogP) is 2.71. The Kier molecular flexibility index (Phi) is 4.14. The minimum Gasteiger partial charge on any atom is -0.393 e. The first-order valence-corrected chi connectivity index (χ1v) is 6.45. The van der Waals surface area contributed by atoms with Crippen molar-refractivity contribution >= 4 is 22.3 Å². The zero-order valence-corrected chi connectivity index (χ0v) is 11.4. The van der Waals surface area contributed by atoms with E-state index in [4.69, 9.17) is 0 Å². The van der Waals surface area contributed by atoms with E-state index in [9.17, 15) is 15.2 Å². The van der Waals surface area contributed by atoms with Crippen molar-refractivity contribution in [3.63, 3.8) is 0 Å². The van der Waals surface area contributed by atoms with Gasteiger partial charge in [-0.25, -0.2) is 4.98 Å². The van der Waals surface area contributed by atoms with Crippen LogP contribution in [-0.2, 0) is 0 Å². The molecule has 20 heavy (non-hydrogen) atoms. The molecule has 0 aliphatic heterocycles. The molecular weight excluding hydrogens is 258 g/mol. The molecule has 1 aromatic carbocycles. The van der Waals surface area contributed by atoms with Crippen LogP contribution in [0, 0.1) is 10.1 Å². The van der Waals surface area contributed by atoms with Crippen LogP contribution < -0.4 is 5.32 Å². The maximum Gasteiger partial charge on any atom is 0.295 e. The number of fused-ring (bicyclic) bond motifs is 1. The monoisotopic (exact) mass is 275 g/mol. The number of aliphatic hydroxyl groups excluding tert-OH is 1. The summed E-state index contributed by atoms with van der Waals surface area (Å²) in [7, 11) is 0. The van der Waals surface area contributed by atoms with Gasteiger partial charge in [0.1, 0.15) is 5.52 Å². The van der Waals surface area contributed by atoms with Crippen LogP contribution in [0.2, 0.25) is 0 Å². The molecule has 6 heteroatoms. The highest BCUT2D eigenvalue weighted by atomic mass is 16.6. The number of anilines is 1. The lowest BCUT2D eigenvalue weighted by molar-refractivity contribution is -0.383. The third-order valence-corrected chi connectivity index (χ3v) is 3.04. The molecule has 2 rings (SSSR count). The Balaban J connectivity index is 2.40. The SMILES string of the molecule is CC(O)CC(C)Nc1ccc([N+](=O)[O-])c2ncccc12. The normalized spacial score (nSPS) is 13.9. The Morgan fingerprint density at radius 3 is 2.80 bits per heavy atom. The van der Waals surface area contributed by atoms with Gasteiger partial charge in [0.25, 0.3) is 5.69 Å². The number of nitrogens with zero attached hydrogens (tertiary/aromatic N) is 2. The highest BCUT2D eigenvalue weighted by Crippen LogP contribution is 2.30. The molecule has 6 nitrogen and oxygen atoms in total.